The van der Waals surface area contributed by atoms with Crippen molar-refractivity contribution < 1.29 is 17.9 Å². The molecule has 0 radical (unpaired) electrons. The molecule has 3 aromatic carbocycles. The molecule has 7 nitrogen and oxygen atoms in total. The molecule has 1 atom stereocenters. The molecule has 1 aliphatic heterocycles. The molecule has 0 saturated carbocycles. The van der Waals surface area contributed by atoms with Crippen LogP contribution in [0.2, 0.25) is 10.0 Å². The number of halogens is 2. The highest BCUT2D eigenvalue weighted by atomic mass is 35.5. The van der Waals surface area contributed by atoms with Gasteiger partial charge in [0.2, 0.25) is 15.9 Å². The maximum Gasteiger partial charge on any atom is 0.242 e. The topological polar surface area (TPSA) is 79.0 Å². The highest BCUT2D eigenvalue weighted by Gasteiger charge is 2.32. The van der Waals surface area contributed by atoms with Crippen LogP contribution in [-0.4, -0.2) is 58.6 Å². The monoisotopic (exact) mass is 547 g/mol. The van der Waals surface area contributed by atoms with E-state index in [0.29, 0.717) is 26.2 Å². The molecule has 1 amide bonds. The fraction of sp³-hybridized carbons (Fsp3) is 0.269. The molecular formula is C26H27Cl2N3O4S. The van der Waals surface area contributed by atoms with E-state index in [9.17, 15) is 13.2 Å². The Morgan fingerprint density at radius 3 is 2.33 bits per heavy atom. The lowest BCUT2D eigenvalue weighted by atomic mass is 10.1. The van der Waals surface area contributed by atoms with Crippen LogP contribution in [-0.2, 0) is 21.2 Å². The van der Waals surface area contributed by atoms with Crippen LogP contribution in [0.3, 0.4) is 0 Å². The van der Waals surface area contributed by atoms with E-state index in [-0.39, 0.29) is 27.3 Å². The van der Waals surface area contributed by atoms with Gasteiger partial charge in [-0.1, -0.05) is 65.7 Å². The number of sulfonamides is 1. The van der Waals surface area contributed by atoms with E-state index in [1.54, 1.807) is 12.0 Å². The van der Waals surface area contributed by atoms with Gasteiger partial charge >= 0.3 is 0 Å². The summed E-state index contributed by atoms with van der Waals surface area (Å²) >= 11 is 12.2. The summed E-state index contributed by atoms with van der Waals surface area (Å²) in [5.41, 5.74) is 1.80. The Kier molecular flexibility index (Phi) is 8.41. The van der Waals surface area contributed by atoms with E-state index in [2.05, 4.69) is 9.62 Å². The van der Waals surface area contributed by atoms with Crippen LogP contribution in [0.25, 0.3) is 0 Å². The smallest absolute Gasteiger partial charge is 0.242 e. The maximum absolute atomic E-state index is 13.6. The third kappa shape index (κ3) is 6.13. The summed E-state index contributed by atoms with van der Waals surface area (Å²) in [6.07, 6.45) is 0.198. The second-order valence-electron chi connectivity index (χ2n) is 8.42. The van der Waals surface area contributed by atoms with Crippen molar-refractivity contribution in [2.75, 3.05) is 38.2 Å². The van der Waals surface area contributed by atoms with Crippen molar-refractivity contribution in [1.82, 2.24) is 9.62 Å². The molecule has 0 spiro atoms. The van der Waals surface area contributed by atoms with Crippen molar-refractivity contribution in [1.29, 1.82) is 0 Å². The van der Waals surface area contributed by atoms with Crippen LogP contribution >= 0.6 is 23.2 Å². The maximum atomic E-state index is 13.6. The van der Waals surface area contributed by atoms with Crippen LogP contribution < -0.4 is 14.4 Å². The zero-order chi connectivity index (χ0) is 25.7. The highest BCUT2D eigenvalue weighted by molar-refractivity contribution is 7.89. The molecule has 3 aromatic rings. The van der Waals surface area contributed by atoms with Gasteiger partial charge in [-0.15, -0.1) is 0 Å². The van der Waals surface area contributed by atoms with Crippen molar-refractivity contribution in [2.24, 2.45) is 0 Å². The van der Waals surface area contributed by atoms with Gasteiger partial charge in [0.25, 0.3) is 0 Å². The predicted molar refractivity (Wildman–Crippen MR) is 143 cm³/mol. The number of hydrogen-bond acceptors (Lipinski definition) is 5. The number of amides is 1. The molecule has 1 N–H and O–H groups in total. The lowest BCUT2D eigenvalue weighted by molar-refractivity contribution is -0.133. The Morgan fingerprint density at radius 1 is 0.972 bits per heavy atom. The lowest BCUT2D eigenvalue weighted by Gasteiger charge is -2.38. The first-order valence-electron chi connectivity index (χ1n) is 11.5. The van der Waals surface area contributed by atoms with Gasteiger partial charge in [-0.2, -0.15) is 4.72 Å². The summed E-state index contributed by atoms with van der Waals surface area (Å²) in [5, 5.41) is 0.265. The standard InChI is InChI=1S/C26H27Cl2N3O4S/c1-35-24-10-6-5-9-23(24)30-13-15-31(16-14-30)26(32)22(17-19-7-3-2-4-8-19)29-36(33,34)25-18-20(27)11-12-21(25)28/h2-12,18,22,29H,13-17H2,1H3. The van der Waals surface area contributed by atoms with Gasteiger partial charge in [0.05, 0.1) is 17.8 Å². The van der Waals surface area contributed by atoms with Gasteiger partial charge in [0, 0.05) is 31.2 Å². The number of carbonyl (C=O) groups is 1. The van der Waals surface area contributed by atoms with Gasteiger partial charge in [-0.05, 0) is 42.3 Å². The molecule has 0 aliphatic carbocycles. The van der Waals surface area contributed by atoms with Crippen LogP contribution in [0.4, 0.5) is 5.69 Å². The SMILES string of the molecule is COc1ccccc1N1CCN(C(=O)C(Cc2ccccc2)NS(=O)(=O)c2cc(Cl)ccc2Cl)CC1. The molecule has 1 aliphatic rings. The average molecular weight is 548 g/mol. The Bertz CT molecular complexity index is 1310. The number of benzene rings is 3. The summed E-state index contributed by atoms with van der Waals surface area (Å²) in [5.74, 6) is 0.477. The number of para-hydroxylation sites is 2. The summed E-state index contributed by atoms with van der Waals surface area (Å²) < 4.78 is 34.6. The number of hydrogen-bond donors (Lipinski definition) is 1. The van der Waals surface area contributed by atoms with Gasteiger partial charge in [-0.25, -0.2) is 8.42 Å². The van der Waals surface area contributed by atoms with E-state index in [4.69, 9.17) is 27.9 Å². The molecular weight excluding hydrogens is 521 g/mol. The van der Waals surface area contributed by atoms with Gasteiger partial charge in [0.1, 0.15) is 16.7 Å². The normalized spacial score (nSPS) is 15.0. The Hall–Kier alpha value is -2.78. The van der Waals surface area contributed by atoms with Crippen molar-refractivity contribution in [3.8, 4) is 5.75 Å². The van der Waals surface area contributed by atoms with E-state index in [1.807, 2.05) is 54.6 Å². The largest absolute Gasteiger partial charge is 0.495 e. The second-order valence-corrected chi connectivity index (χ2v) is 10.9. The number of nitrogens with one attached hydrogen (secondary N) is 1. The number of rotatable bonds is 8. The number of carbonyl (C=O) groups excluding carboxylic acids is 1. The van der Waals surface area contributed by atoms with Gasteiger partial charge in [0.15, 0.2) is 0 Å². The second kappa shape index (κ2) is 11.5. The van der Waals surface area contributed by atoms with Gasteiger partial charge < -0.3 is 14.5 Å². The summed E-state index contributed by atoms with van der Waals surface area (Å²) in [7, 11) is -2.49. The van der Waals surface area contributed by atoms with E-state index >= 15 is 0 Å². The molecule has 0 aromatic heterocycles. The van der Waals surface area contributed by atoms with Crippen LogP contribution in [0.15, 0.2) is 77.7 Å². The molecule has 1 fully saturated rings. The van der Waals surface area contributed by atoms with E-state index < -0.39 is 16.1 Å². The lowest BCUT2D eigenvalue weighted by Crippen LogP contribution is -2.55. The minimum Gasteiger partial charge on any atom is -0.495 e. The van der Waals surface area contributed by atoms with Crippen molar-refractivity contribution in [3.05, 3.63) is 88.4 Å². The molecule has 1 unspecified atom stereocenters. The molecule has 190 valence electrons. The summed E-state index contributed by atoms with van der Waals surface area (Å²) in [6, 6.07) is 20.2. The van der Waals surface area contributed by atoms with Crippen molar-refractivity contribution in [2.45, 2.75) is 17.4 Å². The predicted octanol–water partition coefficient (Wildman–Crippen LogP) is 4.24. The quantitative estimate of drug-likeness (QED) is 0.456. The molecule has 1 heterocycles. The first kappa shape index (κ1) is 26.3. The van der Waals surface area contributed by atoms with E-state index in [1.165, 1.54) is 18.2 Å². The Labute approximate surface area is 221 Å². The van der Waals surface area contributed by atoms with Crippen molar-refractivity contribution >= 4 is 44.8 Å². The van der Waals surface area contributed by atoms with Crippen molar-refractivity contribution in [3.63, 3.8) is 0 Å². The first-order valence-corrected chi connectivity index (χ1v) is 13.7. The molecule has 1 saturated heterocycles. The first-order chi connectivity index (χ1) is 17.3. The number of nitrogens with zero attached hydrogens (tertiary/aromatic N) is 2. The molecule has 4 rings (SSSR count). The van der Waals surface area contributed by atoms with Crippen LogP contribution in [0.1, 0.15) is 5.56 Å². The third-order valence-corrected chi connectivity index (χ3v) is 8.27. The highest BCUT2D eigenvalue weighted by Crippen LogP contribution is 2.29. The molecule has 10 heteroatoms. The summed E-state index contributed by atoms with van der Waals surface area (Å²) in [6.45, 7) is 2.08. The molecule has 0 bridgehead atoms. The average Bonchev–Trinajstić information content (AvgIpc) is 2.89. The van der Waals surface area contributed by atoms with Crippen LogP contribution in [0.5, 0.6) is 5.75 Å². The number of methoxy groups -OCH3 is 1. The van der Waals surface area contributed by atoms with E-state index in [0.717, 1.165) is 17.0 Å². The zero-order valence-corrected chi connectivity index (χ0v) is 22.1. The zero-order valence-electron chi connectivity index (χ0n) is 19.7. The van der Waals surface area contributed by atoms with Gasteiger partial charge in [-0.3, -0.25) is 4.79 Å². The number of piperazine rings is 1. The minimum absolute atomic E-state index is 0.0308. The number of anilines is 1. The fourth-order valence-electron chi connectivity index (χ4n) is 4.24. The Balaban J connectivity index is 1.54. The van der Waals surface area contributed by atoms with Crippen LogP contribution in [0, 0.1) is 0 Å². The minimum atomic E-state index is -4.12. The Morgan fingerprint density at radius 2 is 1.64 bits per heavy atom. The molecule has 36 heavy (non-hydrogen) atoms. The number of ether oxygens (including phenoxy) is 1. The summed E-state index contributed by atoms with van der Waals surface area (Å²) in [4.78, 5) is 17.3. The third-order valence-electron chi connectivity index (χ3n) is 6.08. The fourth-order valence-corrected chi connectivity index (χ4v) is 6.19.